The summed E-state index contributed by atoms with van der Waals surface area (Å²) in [6.07, 6.45) is 0.0789. The van der Waals surface area contributed by atoms with E-state index in [1.165, 1.54) is 0 Å². The van der Waals surface area contributed by atoms with Crippen molar-refractivity contribution in [3.8, 4) is 5.75 Å². The highest BCUT2D eigenvalue weighted by Crippen LogP contribution is 2.27. The van der Waals surface area contributed by atoms with E-state index in [9.17, 15) is 19.5 Å². The summed E-state index contributed by atoms with van der Waals surface area (Å²) in [6, 6.07) is 14.8. The molecule has 1 aliphatic heterocycles. The van der Waals surface area contributed by atoms with E-state index in [1.54, 1.807) is 43.2 Å². The van der Waals surface area contributed by atoms with Crippen molar-refractivity contribution in [2.45, 2.75) is 25.4 Å². The lowest BCUT2D eigenvalue weighted by molar-refractivity contribution is -0.131. The molecule has 8 heteroatoms. The molecule has 8 nitrogen and oxygen atoms in total. The first-order valence-corrected chi connectivity index (χ1v) is 10.1. The van der Waals surface area contributed by atoms with E-state index in [-0.39, 0.29) is 31.4 Å². The topological polar surface area (TPSA) is 108 Å². The molecule has 2 aromatic rings. The van der Waals surface area contributed by atoms with E-state index < -0.39 is 23.9 Å². The van der Waals surface area contributed by atoms with Crippen molar-refractivity contribution in [3.63, 3.8) is 0 Å². The molecule has 3 rings (SSSR count). The van der Waals surface area contributed by atoms with Crippen LogP contribution >= 0.6 is 0 Å². The molecule has 0 spiro atoms. The number of hydrogen-bond donors (Lipinski definition) is 3. The van der Waals surface area contributed by atoms with Crippen molar-refractivity contribution < 1.29 is 24.2 Å². The lowest BCUT2D eigenvalue weighted by Gasteiger charge is -2.21. The average Bonchev–Trinajstić information content (AvgIpc) is 3.19. The van der Waals surface area contributed by atoms with Crippen molar-refractivity contribution in [1.82, 2.24) is 10.6 Å². The van der Waals surface area contributed by atoms with Crippen LogP contribution in [0.15, 0.2) is 54.6 Å². The minimum absolute atomic E-state index is 0.0789. The van der Waals surface area contributed by atoms with Crippen LogP contribution in [0.4, 0.5) is 5.69 Å². The lowest BCUT2D eigenvalue weighted by Crippen LogP contribution is -2.48. The second kappa shape index (κ2) is 10.1. The summed E-state index contributed by atoms with van der Waals surface area (Å²) >= 11 is 0. The van der Waals surface area contributed by atoms with Gasteiger partial charge in [-0.05, 0) is 36.8 Å². The quantitative estimate of drug-likeness (QED) is 0.593. The molecule has 1 fully saturated rings. The van der Waals surface area contributed by atoms with Crippen LogP contribution < -0.4 is 20.3 Å². The maximum Gasteiger partial charge on any atom is 0.242 e. The molecule has 1 heterocycles. The number of aliphatic hydroxyl groups is 1. The fourth-order valence-corrected chi connectivity index (χ4v) is 3.51. The second-order valence-corrected chi connectivity index (χ2v) is 7.49. The molecule has 0 aliphatic carbocycles. The molecule has 0 aromatic heterocycles. The molecular formula is C23H27N3O5. The molecule has 1 saturated heterocycles. The Morgan fingerprint density at radius 3 is 2.42 bits per heavy atom. The standard InChI is InChI=1S/C23H27N3O5/c1-15(22(29)25-20(14-27)16-6-4-3-5-7-16)24-23(30)17-12-21(28)26(13-17)18-8-10-19(31-2)11-9-18/h3-11,15,17,20,27H,12-14H2,1-2H3,(H,24,30)(H,25,29)/t15-,17?,20+/m0/s1. The van der Waals surface area contributed by atoms with Gasteiger partial charge in [0.05, 0.1) is 25.7 Å². The summed E-state index contributed by atoms with van der Waals surface area (Å²) in [7, 11) is 1.57. The fourth-order valence-electron chi connectivity index (χ4n) is 3.51. The van der Waals surface area contributed by atoms with Crippen LogP contribution in [0.2, 0.25) is 0 Å². The minimum atomic E-state index is -0.810. The van der Waals surface area contributed by atoms with Crippen molar-refractivity contribution >= 4 is 23.4 Å². The number of nitrogens with one attached hydrogen (secondary N) is 2. The number of carbonyl (C=O) groups is 3. The fraction of sp³-hybridized carbons (Fsp3) is 0.348. The van der Waals surface area contributed by atoms with Crippen LogP contribution in [0, 0.1) is 5.92 Å². The Balaban J connectivity index is 1.56. The number of carbonyl (C=O) groups excluding carboxylic acids is 3. The summed E-state index contributed by atoms with van der Waals surface area (Å²) in [5.41, 5.74) is 1.47. The molecule has 3 amide bonds. The maximum atomic E-state index is 12.7. The molecule has 0 saturated carbocycles. The zero-order chi connectivity index (χ0) is 22.4. The van der Waals surface area contributed by atoms with Crippen molar-refractivity contribution in [2.75, 3.05) is 25.2 Å². The highest BCUT2D eigenvalue weighted by Gasteiger charge is 2.36. The first kappa shape index (κ1) is 22.3. The van der Waals surface area contributed by atoms with Gasteiger partial charge in [-0.25, -0.2) is 0 Å². The first-order chi connectivity index (χ1) is 14.9. The van der Waals surface area contributed by atoms with E-state index in [1.807, 2.05) is 30.3 Å². The third-order valence-corrected chi connectivity index (χ3v) is 5.33. The third kappa shape index (κ3) is 5.40. The summed E-state index contributed by atoms with van der Waals surface area (Å²) in [5, 5.41) is 15.0. The van der Waals surface area contributed by atoms with Crippen molar-refractivity contribution in [1.29, 1.82) is 0 Å². The van der Waals surface area contributed by atoms with E-state index in [0.717, 1.165) is 5.56 Å². The Morgan fingerprint density at radius 2 is 1.81 bits per heavy atom. The molecule has 1 aliphatic rings. The predicted octanol–water partition coefficient (Wildman–Crippen LogP) is 1.40. The molecule has 0 bridgehead atoms. The smallest absolute Gasteiger partial charge is 0.242 e. The van der Waals surface area contributed by atoms with Crippen LogP contribution in [0.5, 0.6) is 5.75 Å². The largest absolute Gasteiger partial charge is 0.497 e. The highest BCUT2D eigenvalue weighted by molar-refractivity contribution is 6.01. The van der Waals surface area contributed by atoms with Crippen LogP contribution in [0.25, 0.3) is 0 Å². The summed E-state index contributed by atoms with van der Waals surface area (Å²) in [6.45, 7) is 1.56. The number of aliphatic hydroxyl groups excluding tert-OH is 1. The van der Waals surface area contributed by atoms with Gasteiger partial charge in [-0.15, -0.1) is 0 Å². The van der Waals surface area contributed by atoms with Gasteiger partial charge in [0.2, 0.25) is 17.7 Å². The zero-order valence-corrected chi connectivity index (χ0v) is 17.6. The zero-order valence-electron chi connectivity index (χ0n) is 17.6. The molecular weight excluding hydrogens is 398 g/mol. The number of rotatable bonds is 8. The van der Waals surface area contributed by atoms with Crippen LogP contribution in [0.3, 0.4) is 0 Å². The monoisotopic (exact) mass is 425 g/mol. The third-order valence-electron chi connectivity index (χ3n) is 5.33. The Morgan fingerprint density at radius 1 is 1.13 bits per heavy atom. The Labute approximate surface area is 181 Å². The average molecular weight is 425 g/mol. The number of benzene rings is 2. The Bertz CT molecular complexity index is 917. The molecule has 2 aromatic carbocycles. The molecule has 3 atom stereocenters. The highest BCUT2D eigenvalue weighted by atomic mass is 16.5. The Kier molecular flexibility index (Phi) is 7.25. The van der Waals surface area contributed by atoms with Crippen molar-refractivity contribution in [3.05, 3.63) is 60.2 Å². The van der Waals surface area contributed by atoms with Gasteiger partial charge in [0.15, 0.2) is 0 Å². The maximum absolute atomic E-state index is 12.7. The van der Waals surface area contributed by atoms with Gasteiger partial charge in [0, 0.05) is 18.7 Å². The lowest BCUT2D eigenvalue weighted by atomic mass is 10.1. The van der Waals surface area contributed by atoms with E-state index in [4.69, 9.17) is 4.74 Å². The number of methoxy groups -OCH3 is 1. The molecule has 1 unspecified atom stereocenters. The van der Waals surface area contributed by atoms with Gasteiger partial charge >= 0.3 is 0 Å². The minimum Gasteiger partial charge on any atom is -0.497 e. The molecule has 164 valence electrons. The second-order valence-electron chi connectivity index (χ2n) is 7.49. The van der Waals surface area contributed by atoms with Gasteiger partial charge in [-0.3, -0.25) is 14.4 Å². The summed E-state index contributed by atoms with van der Waals surface area (Å²) in [5.74, 6) is -0.777. The van der Waals surface area contributed by atoms with Gasteiger partial charge in [-0.2, -0.15) is 0 Å². The van der Waals surface area contributed by atoms with Crippen LogP contribution in [0.1, 0.15) is 24.9 Å². The van der Waals surface area contributed by atoms with Gasteiger partial charge < -0.3 is 25.4 Å². The van der Waals surface area contributed by atoms with E-state index >= 15 is 0 Å². The molecule has 0 radical (unpaired) electrons. The number of ether oxygens (including phenoxy) is 1. The molecule has 31 heavy (non-hydrogen) atoms. The van der Waals surface area contributed by atoms with E-state index in [2.05, 4.69) is 10.6 Å². The number of hydrogen-bond acceptors (Lipinski definition) is 5. The Hall–Kier alpha value is -3.39. The van der Waals surface area contributed by atoms with Crippen molar-refractivity contribution in [2.24, 2.45) is 5.92 Å². The van der Waals surface area contributed by atoms with Crippen LogP contribution in [-0.2, 0) is 14.4 Å². The van der Waals surface area contributed by atoms with Gasteiger partial charge in [0.25, 0.3) is 0 Å². The predicted molar refractivity (Wildman–Crippen MR) is 115 cm³/mol. The van der Waals surface area contributed by atoms with Gasteiger partial charge in [-0.1, -0.05) is 30.3 Å². The summed E-state index contributed by atoms with van der Waals surface area (Å²) < 4.78 is 5.13. The normalized spacial score (nSPS) is 17.7. The number of nitrogens with zero attached hydrogens (tertiary/aromatic N) is 1. The van der Waals surface area contributed by atoms with Crippen LogP contribution in [-0.4, -0.2) is 49.1 Å². The van der Waals surface area contributed by atoms with E-state index in [0.29, 0.717) is 11.4 Å². The number of anilines is 1. The SMILES string of the molecule is COc1ccc(N2CC(C(=O)N[C@@H](C)C(=O)N[C@H](CO)c3ccccc3)CC2=O)cc1. The first-order valence-electron chi connectivity index (χ1n) is 10.1. The molecule has 3 N–H and O–H groups in total. The van der Waals surface area contributed by atoms with Gasteiger partial charge in [0.1, 0.15) is 11.8 Å². The summed E-state index contributed by atoms with van der Waals surface area (Å²) in [4.78, 5) is 39.2. The number of amides is 3.